The van der Waals surface area contributed by atoms with Crippen LogP contribution in [-0.4, -0.2) is 29.9 Å². The van der Waals surface area contributed by atoms with Crippen LogP contribution in [0.5, 0.6) is 0 Å². The molecule has 1 aromatic heterocycles. The second kappa shape index (κ2) is 4.42. The molecule has 2 heterocycles. The van der Waals surface area contributed by atoms with E-state index in [-0.39, 0.29) is 5.91 Å². The Hall–Kier alpha value is -0.870. The maximum absolute atomic E-state index is 12.2. The minimum atomic E-state index is 0.188. The van der Waals surface area contributed by atoms with Crippen LogP contribution in [0.2, 0.25) is 0 Å². The Bertz CT molecular complexity index is 404. The van der Waals surface area contributed by atoms with Crippen molar-refractivity contribution in [3.8, 4) is 0 Å². The minimum absolute atomic E-state index is 0.188. The minimum Gasteiger partial charge on any atom is -0.338 e. The van der Waals surface area contributed by atoms with Crippen molar-refractivity contribution in [2.75, 3.05) is 13.1 Å². The number of amides is 1. The van der Waals surface area contributed by atoms with Gasteiger partial charge in [-0.15, -0.1) is 0 Å². The zero-order valence-electron chi connectivity index (χ0n) is 9.84. The molecule has 3 unspecified atom stereocenters. The van der Waals surface area contributed by atoms with Crippen molar-refractivity contribution < 1.29 is 4.79 Å². The number of likely N-dealkylation sites (tertiary alicyclic amines) is 1. The van der Waals surface area contributed by atoms with E-state index in [2.05, 4.69) is 0 Å². The molecule has 3 atom stereocenters. The molecule has 0 bridgehead atoms. The van der Waals surface area contributed by atoms with Crippen LogP contribution in [0.4, 0.5) is 0 Å². The Morgan fingerprint density at radius 2 is 2.29 bits per heavy atom. The lowest BCUT2D eigenvalue weighted by Crippen LogP contribution is -2.38. The Kier molecular flexibility index (Phi) is 2.92. The van der Waals surface area contributed by atoms with Gasteiger partial charge in [-0.1, -0.05) is 6.42 Å². The third-order valence-corrected chi connectivity index (χ3v) is 4.89. The lowest BCUT2D eigenvalue weighted by atomic mass is 9.78. The molecule has 0 spiro atoms. The molecule has 1 aromatic rings. The van der Waals surface area contributed by atoms with Crippen molar-refractivity contribution in [2.24, 2.45) is 17.6 Å². The number of rotatable bonds is 1. The molecule has 2 aliphatic rings. The molecule has 92 valence electrons. The Labute approximate surface area is 106 Å². The number of nitrogens with two attached hydrogens (primary N) is 1. The normalized spacial score (nSPS) is 32.5. The van der Waals surface area contributed by atoms with Gasteiger partial charge in [0.2, 0.25) is 0 Å². The van der Waals surface area contributed by atoms with E-state index in [9.17, 15) is 4.79 Å². The molecular weight excluding hydrogens is 232 g/mol. The first-order chi connectivity index (χ1) is 8.25. The standard InChI is InChI=1S/C13H18N2OS/c14-12-3-1-2-9-6-15(7-11(9)12)13(16)10-4-5-17-8-10/h4-5,8-9,11-12H,1-3,6-7,14H2. The van der Waals surface area contributed by atoms with E-state index in [4.69, 9.17) is 5.73 Å². The van der Waals surface area contributed by atoms with E-state index in [0.29, 0.717) is 17.9 Å². The van der Waals surface area contributed by atoms with Gasteiger partial charge in [0.25, 0.3) is 5.91 Å². The smallest absolute Gasteiger partial charge is 0.254 e. The lowest BCUT2D eigenvalue weighted by Gasteiger charge is -2.29. The molecule has 1 saturated carbocycles. The van der Waals surface area contributed by atoms with Crippen molar-refractivity contribution in [1.29, 1.82) is 0 Å². The van der Waals surface area contributed by atoms with E-state index in [1.807, 2.05) is 21.7 Å². The van der Waals surface area contributed by atoms with Gasteiger partial charge < -0.3 is 10.6 Å². The highest BCUT2D eigenvalue weighted by Crippen LogP contribution is 2.36. The Morgan fingerprint density at radius 3 is 3.00 bits per heavy atom. The Morgan fingerprint density at radius 1 is 1.41 bits per heavy atom. The van der Waals surface area contributed by atoms with Crippen molar-refractivity contribution in [3.05, 3.63) is 22.4 Å². The van der Waals surface area contributed by atoms with Gasteiger partial charge in [-0.2, -0.15) is 11.3 Å². The molecule has 0 aromatic carbocycles. The zero-order valence-corrected chi connectivity index (χ0v) is 10.7. The topological polar surface area (TPSA) is 46.3 Å². The maximum atomic E-state index is 12.2. The maximum Gasteiger partial charge on any atom is 0.254 e. The number of thiophene rings is 1. The molecule has 1 aliphatic carbocycles. The molecule has 1 amide bonds. The highest BCUT2D eigenvalue weighted by Gasteiger charge is 2.40. The second-order valence-corrected chi connectivity index (χ2v) is 6.02. The van der Waals surface area contributed by atoms with E-state index >= 15 is 0 Å². The van der Waals surface area contributed by atoms with Gasteiger partial charge in [-0.05, 0) is 36.1 Å². The highest BCUT2D eigenvalue weighted by atomic mass is 32.1. The van der Waals surface area contributed by atoms with Gasteiger partial charge in [0.1, 0.15) is 0 Å². The van der Waals surface area contributed by atoms with Crippen LogP contribution >= 0.6 is 11.3 Å². The highest BCUT2D eigenvalue weighted by molar-refractivity contribution is 7.08. The number of nitrogens with zero attached hydrogens (tertiary/aromatic N) is 1. The summed E-state index contributed by atoms with van der Waals surface area (Å²) in [7, 11) is 0. The van der Waals surface area contributed by atoms with Crippen LogP contribution in [0.15, 0.2) is 16.8 Å². The third-order valence-electron chi connectivity index (χ3n) is 4.21. The molecular formula is C13H18N2OS. The fraction of sp³-hybridized carbons (Fsp3) is 0.615. The molecule has 3 nitrogen and oxygen atoms in total. The Balaban J connectivity index is 1.73. The van der Waals surface area contributed by atoms with Crippen molar-refractivity contribution in [1.82, 2.24) is 4.90 Å². The summed E-state index contributed by atoms with van der Waals surface area (Å²) in [6.45, 7) is 1.77. The van der Waals surface area contributed by atoms with Crippen LogP contribution in [0.1, 0.15) is 29.6 Å². The van der Waals surface area contributed by atoms with Gasteiger partial charge in [-0.3, -0.25) is 4.79 Å². The number of carbonyl (C=O) groups is 1. The molecule has 17 heavy (non-hydrogen) atoms. The number of hydrogen-bond acceptors (Lipinski definition) is 3. The summed E-state index contributed by atoms with van der Waals surface area (Å²) in [5.41, 5.74) is 7.00. The fourth-order valence-corrected chi connectivity index (χ4v) is 3.88. The van der Waals surface area contributed by atoms with Crippen LogP contribution in [0.25, 0.3) is 0 Å². The molecule has 1 saturated heterocycles. The molecule has 3 rings (SSSR count). The quantitative estimate of drug-likeness (QED) is 0.828. The van der Waals surface area contributed by atoms with E-state index in [1.54, 1.807) is 11.3 Å². The van der Waals surface area contributed by atoms with Crippen LogP contribution in [0, 0.1) is 11.8 Å². The second-order valence-electron chi connectivity index (χ2n) is 5.24. The average molecular weight is 250 g/mol. The number of hydrogen-bond donors (Lipinski definition) is 1. The average Bonchev–Trinajstić information content (AvgIpc) is 2.98. The first kappa shape index (κ1) is 11.2. The first-order valence-corrected chi connectivity index (χ1v) is 7.27. The summed E-state index contributed by atoms with van der Waals surface area (Å²) in [6.07, 6.45) is 3.59. The van der Waals surface area contributed by atoms with Gasteiger partial charge in [0, 0.05) is 24.5 Å². The van der Waals surface area contributed by atoms with Gasteiger partial charge in [-0.25, -0.2) is 0 Å². The first-order valence-electron chi connectivity index (χ1n) is 6.33. The van der Waals surface area contributed by atoms with Gasteiger partial charge >= 0.3 is 0 Å². The zero-order chi connectivity index (χ0) is 11.8. The fourth-order valence-electron chi connectivity index (χ4n) is 3.25. The van der Waals surface area contributed by atoms with E-state index < -0.39 is 0 Å². The van der Waals surface area contributed by atoms with Crippen LogP contribution in [0.3, 0.4) is 0 Å². The summed E-state index contributed by atoms with van der Waals surface area (Å²) < 4.78 is 0. The van der Waals surface area contributed by atoms with Crippen molar-refractivity contribution in [3.63, 3.8) is 0 Å². The number of fused-ring (bicyclic) bond motifs is 1. The van der Waals surface area contributed by atoms with Crippen LogP contribution in [-0.2, 0) is 0 Å². The molecule has 4 heteroatoms. The van der Waals surface area contributed by atoms with Crippen molar-refractivity contribution in [2.45, 2.75) is 25.3 Å². The largest absolute Gasteiger partial charge is 0.338 e. The van der Waals surface area contributed by atoms with E-state index in [0.717, 1.165) is 25.1 Å². The molecule has 0 radical (unpaired) electrons. The predicted molar refractivity (Wildman–Crippen MR) is 69.0 cm³/mol. The molecule has 2 N–H and O–H groups in total. The monoisotopic (exact) mass is 250 g/mol. The summed E-state index contributed by atoms with van der Waals surface area (Å²) in [5.74, 6) is 1.36. The lowest BCUT2D eigenvalue weighted by molar-refractivity contribution is 0.0784. The van der Waals surface area contributed by atoms with E-state index in [1.165, 1.54) is 12.8 Å². The summed E-state index contributed by atoms with van der Waals surface area (Å²) in [6, 6.07) is 2.21. The molecule has 2 fully saturated rings. The summed E-state index contributed by atoms with van der Waals surface area (Å²) >= 11 is 1.58. The SMILES string of the molecule is NC1CCCC2CN(C(=O)c3ccsc3)CC12. The third kappa shape index (κ3) is 2.00. The van der Waals surface area contributed by atoms with Gasteiger partial charge in [0.05, 0.1) is 5.56 Å². The molecule has 1 aliphatic heterocycles. The summed E-state index contributed by atoms with van der Waals surface area (Å²) in [4.78, 5) is 14.3. The summed E-state index contributed by atoms with van der Waals surface area (Å²) in [5, 5.41) is 3.90. The van der Waals surface area contributed by atoms with Gasteiger partial charge in [0.15, 0.2) is 0 Å². The van der Waals surface area contributed by atoms with Crippen LogP contribution < -0.4 is 5.73 Å². The van der Waals surface area contributed by atoms with Crippen molar-refractivity contribution >= 4 is 17.2 Å². The number of carbonyl (C=O) groups excluding carboxylic acids is 1. The predicted octanol–water partition coefficient (Wildman–Crippen LogP) is 1.95.